The van der Waals surface area contributed by atoms with Crippen molar-refractivity contribution in [2.75, 3.05) is 5.32 Å². The molecule has 0 fully saturated rings. The summed E-state index contributed by atoms with van der Waals surface area (Å²) in [5, 5.41) is 12.6. The number of anilines is 1. The molecule has 1 N–H and O–H groups in total. The molecule has 102 valence electrons. The van der Waals surface area contributed by atoms with Crippen LogP contribution in [0.1, 0.15) is 16.7 Å². The lowest BCUT2D eigenvalue weighted by Gasteiger charge is -2.11. The van der Waals surface area contributed by atoms with Crippen molar-refractivity contribution in [1.29, 1.82) is 5.26 Å². The van der Waals surface area contributed by atoms with E-state index in [1.54, 1.807) is 13.0 Å². The van der Waals surface area contributed by atoms with E-state index in [4.69, 9.17) is 16.9 Å². The highest BCUT2D eigenvalue weighted by Crippen LogP contribution is 2.25. The summed E-state index contributed by atoms with van der Waals surface area (Å²) in [5.74, 6) is -0.389. The Morgan fingerprint density at radius 3 is 2.75 bits per heavy atom. The second-order valence-electron chi connectivity index (χ2n) is 4.34. The van der Waals surface area contributed by atoms with Gasteiger partial charge in [-0.2, -0.15) is 5.26 Å². The third-order valence-corrected chi connectivity index (χ3v) is 4.17. The van der Waals surface area contributed by atoms with E-state index in [0.717, 1.165) is 10.0 Å². The van der Waals surface area contributed by atoms with E-state index >= 15 is 0 Å². The SMILES string of the molecule is Cc1c(F)cc(C#N)cc1NCc1ccc(Br)c(Cl)c1. The zero-order valence-corrected chi connectivity index (χ0v) is 13.0. The van der Waals surface area contributed by atoms with Crippen molar-refractivity contribution in [3.8, 4) is 6.07 Å². The topological polar surface area (TPSA) is 35.8 Å². The average molecular weight is 354 g/mol. The lowest BCUT2D eigenvalue weighted by Crippen LogP contribution is -2.03. The van der Waals surface area contributed by atoms with Gasteiger partial charge in [0.05, 0.1) is 16.7 Å². The predicted octanol–water partition coefficient (Wildman–Crippen LogP) is 5.03. The second-order valence-corrected chi connectivity index (χ2v) is 5.61. The van der Waals surface area contributed by atoms with Gasteiger partial charge in [0, 0.05) is 22.3 Å². The molecule has 0 radical (unpaired) electrons. The molecule has 0 atom stereocenters. The summed E-state index contributed by atoms with van der Waals surface area (Å²) in [4.78, 5) is 0. The van der Waals surface area contributed by atoms with E-state index in [1.165, 1.54) is 6.07 Å². The molecule has 0 amide bonds. The van der Waals surface area contributed by atoms with Crippen molar-refractivity contribution in [3.05, 3.63) is 62.3 Å². The molecule has 0 aromatic heterocycles. The van der Waals surface area contributed by atoms with Crippen LogP contribution in [0.2, 0.25) is 5.02 Å². The predicted molar refractivity (Wildman–Crippen MR) is 82.3 cm³/mol. The molecule has 2 nitrogen and oxygen atoms in total. The summed E-state index contributed by atoms with van der Waals surface area (Å²) in [6.45, 7) is 2.18. The van der Waals surface area contributed by atoms with Crippen LogP contribution in [-0.2, 0) is 6.54 Å². The number of hydrogen-bond donors (Lipinski definition) is 1. The lowest BCUT2D eigenvalue weighted by atomic mass is 10.1. The van der Waals surface area contributed by atoms with Gasteiger partial charge in [0.25, 0.3) is 0 Å². The summed E-state index contributed by atoms with van der Waals surface area (Å²) in [6.07, 6.45) is 0. The van der Waals surface area contributed by atoms with Crippen LogP contribution in [0.3, 0.4) is 0 Å². The van der Waals surface area contributed by atoms with Crippen LogP contribution >= 0.6 is 27.5 Å². The smallest absolute Gasteiger partial charge is 0.129 e. The first kappa shape index (κ1) is 14.8. The largest absolute Gasteiger partial charge is 0.381 e. The fourth-order valence-electron chi connectivity index (χ4n) is 1.77. The zero-order chi connectivity index (χ0) is 14.7. The van der Waals surface area contributed by atoms with Gasteiger partial charge in [-0.25, -0.2) is 4.39 Å². The zero-order valence-electron chi connectivity index (χ0n) is 10.7. The van der Waals surface area contributed by atoms with Crippen LogP contribution < -0.4 is 5.32 Å². The normalized spacial score (nSPS) is 10.2. The van der Waals surface area contributed by atoms with Gasteiger partial charge >= 0.3 is 0 Å². The quantitative estimate of drug-likeness (QED) is 0.839. The number of nitriles is 1. The first-order chi connectivity index (χ1) is 9.51. The Kier molecular flexibility index (Phi) is 4.64. The van der Waals surface area contributed by atoms with E-state index in [0.29, 0.717) is 28.4 Å². The minimum absolute atomic E-state index is 0.296. The molecule has 0 aliphatic rings. The summed E-state index contributed by atoms with van der Waals surface area (Å²) in [7, 11) is 0. The molecule has 5 heteroatoms. The fourth-order valence-corrected chi connectivity index (χ4v) is 2.22. The summed E-state index contributed by atoms with van der Waals surface area (Å²) in [5.41, 5.74) is 2.37. The van der Waals surface area contributed by atoms with E-state index in [-0.39, 0.29) is 5.82 Å². The highest BCUT2D eigenvalue weighted by molar-refractivity contribution is 9.10. The molecule has 0 saturated heterocycles. The standard InChI is InChI=1S/C15H11BrClFN2/c1-9-14(18)5-11(7-19)6-15(9)20-8-10-2-3-12(16)13(17)4-10/h2-6,20H,8H2,1H3. The lowest BCUT2D eigenvalue weighted by molar-refractivity contribution is 0.618. The van der Waals surface area contributed by atoms with Gasteiger partial charge in [-0.3, -0.25) is 0 Å². The van der Waals surface area contributed by atoms with E-state index < -0.39 is 0 Å². The minimum atomic E-state index is -0.389. The Morgan fingerprint density at radius 1 is 1.35 bits per heavy atom. The average Bonchev–Trinajstić information content (AvgIpc) is 2.44. The number of nitrogens with one attached hydrogen (secondary N) is 1. The van der Waals surface area contributed by atoms with Gasteiger partial charge < -0.3 is 5.32 Å². The monoisotopic (exact) mass is 352 g/mol. The van der Waals surface area contributed by atoms with Gasteiger partial charge in [-0.1, -0.05) is 17.7 Å². The van der Waals surface area contributed by atoms with Crippen LogP contribution in [0.4, 0.5) is 10.1 Å². The molecule has 2 rings (SSSR count). The number of hydrogen-bond acceptors (Lipinski definition) is 2. The van der Waals surface area contributed by atoms with E-state index in [1.807, 2.05) is 24.3 Å². The van der Waals surface area contributed by atoms with Gasteiger partial charge in [0.2, 0.25) is 0 Å². The molecule has 2 aromatic carbocycles. The van der Waals surface area contributed by atoms with Crippen molar-refractivity contribution >= 4 is 33.2 Å². The third-order valence-electron chi connectivity index (χ3n) is 2.94. The van der Waals surface area contributed by atoms with Gasteiger partial charge in [-0.05, 0) is 52.7 Å². The molecule has 2 aromatic rings. The van der Waals surface area contributed by atoms with Crippen molar-refractivity contribution in [3.63, 3.8) is 0 Å². The molecule has 0 aliphatic heterocycles. The maximum Gasteiger partial charge on any atom is 0.129 e. The molecule has 0 heterocycles. The first-order valence-corrected chi connectivity index (χ1v) is 7.06. The van der Waals surface area contributed by atoms with E-state index in [2.05, 4.69) is 21.2 Å². The molecule has 20 heavy (non-hydrogen) atoms. The number of nitrogens with zero attached hydrogens (tertiary/aromatic N) is 1. The number of halogens is 3. The van der Waals surface area contributed by atoms with Crippen LogP contribution in [-0.4, -0.2) is 0 Å². The first-order valence-electron chi connectivity index (χ1n) is 5.89. The molecule has 0 spiro atoms. The van der Waals surface area contributed by atoms with Crippen LogP contribution in [0, 0.1) is 24.1 Å². The van der Waals surface area contributed by atoms with Crippen LogP contribution in [0.5, 0.6) is 0 Å². The maximum absolute atomic E-state index is 13.7. The van der Waals surface area contributed by atoms with Crippen LogP contribution in [0.25, 0.3) is 0 Å². The number of benzene rings is 2. The Labute approximate surface area is 130 Å². The molecule has 0 unspecified atom stereocenters. The third kappa shape index (κ3) is 3.30. The Morgan fingerprint density at radius 2 is 2.10 bits per heavy atom. The van der Waals surface area contributed by atoms with Crippen LogP contribution in [0.15, 0.2) is 34.8 Å². The molecular weight excluding hydrogens is 343 g/mol. The van der Waals surface area contributed by atoms with Gasteiger partial charge in [-0.15, -0.1) is 0 Å². The van der Waals surface area contributed by atoms with Gasteiger partial charge in [0.1, 0.15) is 5.82 Å². The van der Waals surface area contributed by atoms with E-state index in [9.17, 15) is 4.39 Å². The molecule has 0 bridgehead atoms. The second kappa shape index (κ2) is 6.25. The highest BCUT2D eigenvalue weighted by Gasteiger charge is 2.07. The summed E-state index contributed by atoms with van der Waals surface area (Å²) in [6, 6.07) is 10.4. The Balaban J connectivity index is 2.20. The molecule has 0 saturated carbocycles. The molecule has 0 aliphatic carbocycles. The van der Waals surface area contributed by atoms with Crippen molar-refractivity contribution in [1.82, 2.24) is 0 Å². The highest BCUT2D eigenvalue weighted by atomic mass is 79.9. The maximum atomic E-state index is 13.7. The van der Waals surface area contributed by atoms with Crippen molar-refractivity contribution in [2.45, 2.75) is 13.5 Å². The summed E-state index contributed by atoms with van der Waals surface area (Å²) < 4.78 is 14.5. The Hall–Kier alpha value is -1.57. The number of rotatable bonds is 3. The summed E-state index contributed by atoms with van der Waals surface area (Å²) >= 11 is 9.35. The minimum Gasteiger partial charge on any atom is -0.381 e. The van der Waals surface area contributed by atoms with Gasteiger partial charge in [0.15, 0.2) is 0 Å². The van der Waals surface area contributed by atoms with Crippen molar-refractivity contribution in [2.24, 2.45) is 0 Å². The van der Waals surface area contributed by atoms with Crippen molar-refractivity contribution < 1.29 is 4.39 Å². The molecular formula is C15H11BrClFN2. The Bertz CT molecular complexity index is 695. The fraction of sp³-hybridized carbons (Fsp3) is 0.133.